The van der Waals surface area contributed by atoms with Gasteiger partial charge in [-0.1, -0.05) is 0 Å². The summed E-state index contributed by atoms with van der Waals surface area (Å²) in [5, 5.41) is 4.89. The highest BCUT2D eigenvalue weighted by molar-refractivity contribution is 7.11. The Morgan fingerprint density at radius 2 is 2.27 bits per heavy atom. The molecule has 2 rings (SSSR count). The van der Waals surface area contributed by atoms with Crippen molar-refractivity contribution in [3.63, 3.8) is 0 Å². The van der Waals surface area contributed by atoms with Gasteiger partial charge >= 0.3 is 0 Å². The van der Waals surface area contributed by atoms with Gasteiger partial charge < -0.3 is 5.32 Å². The van der Waals surface area contributed by atoms with E-state index in [1.807, 2.05) is 19.1 Å². The van der Waals surface area contributed by atoms with Gasteiger partial charge in [-0.2, -0.15) is 0 Å². The average Bonchev–Trinajstić information content (AvgIpc) is 2.70. The monoisotopic (exact) mass is 219 g/mol. The second-order valence-corrected chi connectivity index (χ2v) is 3.90. The van der Waals surface area contributed by atoms with Gasteiger partial charge in [0.05, 0.1) is 0 Å². The van der Waals surface area contributed by atoms with Crippen LogP contribution < -0.4 is 5.32 Å². The molecule has 0 radical (unpaired) electrons. The van der Waals surface area contributed by atoms with Gasteiger partial charge in [0.1, 0.15) is 5.82 Å². The van der Waals surface area contributed by atoms with Crippen molar-refractivity contribution < 1.29 is 4.79 Å². The summed E-state index contributed by atoms with van der Waals surface area (Å²) in [6.45, 7) is 1.95. The van der Waals surface area contributed by atoms with Crippen molar-refractivity contribution in [3.8, 4) is 0 Å². The third kappa shape index (κ3) is 2.38. The minimum atomic E-state index is -0.219. The van der Waals surface area contributed by atoms with E-state index in [0.29, 0.717) is 10.8 Å². The molecular weight excluding hydrogens is 210 g/mol. The van der Waals surface area contributed by atoms with Crippen LogP contribution in [0.4, 0.5) is 5.82 Å². The molecule has 1 amide bonds. The second kappa shape index (κ2) is 4.18. The highest BCUT2D eigenvalue weighted by atomic mass is 32.1. The summed E-state index contributed by atoms with van der Waals surface area (Å²) in [5.74, 6) is 0.332. The molecule has 4 nitrogen and oxygen atoms in total. The minimum absolute atomic E-state index is 0.219. The maximum absolute atomic E-state index is 11.6. The van der Waals surface area contributed by atoms with Crippen LogP contribution in [0.3, 0.4) is 0 Å². The Morgan fingerprint density at radius 1 is 1.40 bits per heavy atom. The zero-order valence-electron chi connectivity index (χ0n) is 8.10. The van der Waals surface area contributed by atoms with Crippen molar-refractivity contribution in [1.82, 2.24) is 9.97 Å². The van der Waals surface area contributed by atoms with Crippen LogP contribution in [0.5, 0.6) is 0 Å². The summed E-state index contributed by atoms with van der Waals surface area (Å²) >= 11 is 1.30. The molecule has 0 aliphatic carbocycles. The van der Waals surface area contributed by atoms with Crippen molar-refractivity contribution in [2.24, 2.45) is 0 Å². The molecular formula is C10H9N3OS. The molecule has 5 heteroatoms. The third-order valence-electron chi connectivity index (χ3n) is 1.78. The molecule has 0 spiro atoms. The standard InChI is InChI=1S/C10H9N3OS/c1-7-2-3-11-8(6-7)13-9(14)10-12-4-5-15-10/h2-6H,1H3,(H,11,13,14). The van der Waals surface area contributed by atoms with Gasteiger partial charge in [0, 0.05) is 17.8 Å². The molecule has 1 N–H and O–H groups in total. The predicted octanol–water partition coefficient (Wildman–Crippen LogP) is 2.10. The molecule has 2 heterocycles. The lowest BCUT2D eigenvalue weighted by Crippen LogP contribution is -2.12. The Labute approximate surface area is 91.0 Å². The number of hydrogen-bond acceptors (Lipinski definition) is 4. The molecule has 2 aromatic heterocycles. The van der Waals surface area contributed by atoms with E-state index in [0.717, 1.165) is 5.56 Å². The first-order chi connectivity index (χ1) is 7.25. The maximum atomic E-state index is 11.6. The number of nitrogens with zero attached hydrogens (tertiary/aromatic N) is 2. The van der Waals surface area contributed by atoms with E-state index in [1.54, 1.807) is 17.8 Å². The molecule has 0 aliphatic rings. The Balaban J connectivity index is 2.13. The van der Waals surface area contributed by atoms with Gasteiger partial charge in [-0.3, -0.25) is 4.79 Å². The van der Waals surface area contributed by atoms with E-state index in [1.165, 1.54) is 11.3 Å². The van der Waals surface area contributed by atoms with Gasteiger partial charge in [0.25, 0.3) is 5.91 Å². The lowest BCUT2D eigenvalue weighted by molar-refractivity contribution is 0.102. The minimum Gasteiger partial charge on any atom is -0.304 e. The zero-order valence-corrected chi connectivity index (χ0v) is 8.91. The number of aromatic nitrogens is 2. The van der Waals surface area contributed by atoms with Crippen LogP contribution in [0, 0.1) is 6.92 Å². The fourth-order valence-corrected chi connectivity index (χ4v) is 1.64. The highest BCUT2D eigenvalue weighted by Crippen LogP contribution is 2.09. The first-order valence-electron chi connectivity index (χ1n) is 4.39. The molecule has 2 aromatic rings. The largest absolute Gasteiger partial charge is 0.304 e. The number of anilines is 1. The number of rotatable bonds is 2. The highest BCUT2D eigenvalue weighted by Gasteiger charge is 2.08. The van der Waals surface area contributed by atoms with Gasteiger partial charge in [0.2, 0.25) is 0 Å². The average molecular weight is 219 g/mol. The first kappa shape index (κ1) is 9.79. The first-order valence-corrected chi connectivity index (χ1v) is 5.27. The fraction of sp³-hybridized carbons (Fsp3) is 0.100. The smallest absolute Gasteiger partial charge is 0.285 e. The SMILES string of the molecule is Cc1ccnc(NC(=O)c2nccs2)c1. The lowest BCUT2D eigenvalue weighted by atomic mass is 10.3. The molecule has 0 atom stereocenters. The van der Waals surface area contributed by atoms with Crippen molar-refractivity contribution in [2.75, 3.05) is 5.32 Å². The molecule has 76 valence electrons. The van der Waals surface area contributed by atoms with Crippen LogP contribution >= 0.6 is 11.3 Å². The lowest BCUT2D eigenvalue weighted by Gasteiger charge is -2.01. The van der Waals surface area contributed by atoms with Gasteiger partial charge in [0.15, 0.2) is 5.01 Å². The number of pyridine rings is 1. The van der Waals surface area contributed by atoms with Crippen molar-refractivity contribution in [3.05, 3.63) is 40.5 Å². The number of amides is 1. The van der Waals surface area contributed by atoms with E-state index >= 15 is 0 Å². The van der Waals surface area contributed by atoms with Crippen LogP contribution in [-0.4, -0.2) is 15.9 Å². The molecule has 0 aliphatic heterocycles. The van der Waals surface area contributed by atoms with E-state index < -0.39 is 0 Å². The number of carbonyl (C=O) groups is 1. The topological polar surface area (TPSA) is 54.9 Å². The Morgan fingerprint density at radius 3 is 2.93 bits per heavy atom. The summed E-state index contributed by atoms with van der Waals surface area (Å²) in [6, 6.07) is 3.69. The number of nitrogens with one attached hydrogen (secondary N) is 1. The zero-order chi connectivity index (χ0) is 10.7. The van der Waals surface area contributed by atoms with Crippen molar-refractivity contribution in [2.45, 2.75) is 6.92 Å². The van der Waals surface area contributed by atoms with Crippen LogP contribution in [0.25, 0.3) is 0 Å². The van der Waals surface area contributed by atoms with Crippen LogP contribution in [0.1, 0.15) is 15.4 Å². The summed E-state index contributed by atoms with van der Waals surface area (Å²) in [5.41, 5.74) is 1.06. The maximum Gasteiger partial charge on any atom is 0.285 e. The summed E-state index contributed by atoms with van der Waals surface area (Å²) in [6.07, 6.45) is 3.26. The van der Waals surface area contributed by atoms with Gasteiger partial charge in [-0.15, -0.1) is 11.3 Å². The number of aryl methyl sites for hydroxylation is 1. The van der Waals surface area contributed by atoms with Gasteiger partial charge in [-0.05, 0) is 24.6 Å². The van der Waals surface area contributed by atoms with Gasteiger partial charge in [-0.25, -0.2) is 9.97 Å². The molecule has 15 heavy (non-hydrogen) atoms. The molecule has 0 bridgehead atoms. The Bertz CT molecular complexity index is 467. The molecule has 0 aromatic carbocycles. The fourth-order valence-electron chi connectivity index (χ4n) is 1.11. The summed E-state index contributed by atoms with van der Waals surface area (Å²) < 4.78 is 0. The van der Waals surface area contributed by atoms with Crippen LogP contribution in [0.2, 0.25) is 0 Å². The van der Waals surface area contributed by atoms with Crippen LogP contribution in [0.15, 0.2) is 29.9 Å². The van der Waals surface area contributed by atoms with E-state index in [2.05, 4.69) is 15.3 Å². The summed E-state index contributed by atoms with van der Waals surface area (Å²) in [4.78, 5) is 19.5. The third-order valence-corrected chi connectivity index (χ3v) is 2.56. The van der Waals surface area contributed by atoms with E-state index in [-0.39, 0.29) is 5.91 Å². The normalized spacial score (nSPS) is 9.93. The van der Waals surface area contributed by atoms with Crippen LogP contribution in [-0.2, 0) is 0 Å². The second-order valence-electron chi connectivity index (χ2n) is 3.01. The van der Waals surface area contributed by atoms with Crippen molar-refractivity contribution >= 4 is 23.1 Å². The van der Waals surface area contributed by atoms with Crippen molar-refractivity contribution in [1.29, 1.82) is 0 Å². The Hall–Kier alpha value is -1.75. The Kier molecular flexibility index (Phi) is 2.73. The number of carbonyl (C=O) groups excluding carboxylic acids is 1. The van der Waals surface area contributed by atoms with E-state index in [4.69, 9.17) is 0 Å². The summed E-state index contributed by atoms with van der Waals surface area (Å²) in [7, 11) is 0. The molecule has 0 unspecified atom stereocenters. The predicted molar refractivity (Wildman–Crippen MR) is 59.0 cm³/mol. The number of thiazole rings is 1. The molecule has 0 saturated carbocycles. The number of hydrogen-bond donors (Lipinski definition) is 1. The quantitative estimate of drug-likeness (QED) is 0.841. The molecule has 0 fully saturated rings. The molecule has 0 saturated heterocycles. The van der Waals surface area contributed by atoms with E-state index in [9.17, 15) is 4.79 Å².